The van der Waals surface area contributed by atoms with E-state index in [1.807, 2.05) is 44.2 Å². The molecule has 3 rings (SSSR count). The number of benzene rings is 2. The number of hydrogen-bond donors (Lipinski definition) is 1. The van der Waals surface area contributed by atoms with Crippen molar-refractivity contribution in [3.63, 3.8) is 0 Å². The van der Waals surface area contributed by atoms with Crippen molar-refractivity contribution < 1.29 is 19.1 Å². The smallest absolute Gasteiger partial charge is 0.278 e. The molecule has 0 radical (unpaired) electrons. The van der Waals surface area contributed by atoms with Crippen molar-refractivity contribution in [3.8, 4) is 5.75 Å². The van der Waals surface area contributed by atoms with Gasteiger partial charge in [-0.1, -0.05) is 30.3 Å². The van der Waals surface area contributed by atoms with Crippen molar-refractivity contribution in [3.05, 3.63) is 65.9 Å². The third kappa shape index (κ3) is 4.23. The summed E-state index contributed by atoms with van der Waals surface area (Å²) in [6.45, 7) is 4.34. The Kier molecular flexibility index (Phi) is 6.11. The summed E-state index contributed by atoms with van der Waals surface area (Å²) in [5.41, 5.74) is 2.03. The standard InChI is InChI=1S/C22H24N2O4/c1-15(2)28-14-13-24-21(25)19(16-7-5-4-6-8-16)20(22(24)26)23-17-9-11-18(27-3)12-10-17/h4-12,15,23H,13-14H2,1-3H3. The van der Waals surface area contributed by atoms with Crippen LogP contribution in [0.4, 0.5) is 5.69 Å². The van der Waals surface area contributed by atoms with Crippen LogP contribution in [-0.4, -0.2) is 43.1 Å². The van der Waals surface area contributed by atoms with Crippen molar-refractivity contribution in [2.75, 3.05) is 25.6 Å². The molecule has 1 aliphatic rings. The third-order valence-corrected chi connectivity index (χ3v) is 4.36. The second kappa shape index (κ2) is 8.71. The molecule has 2 amide bonds. The molecule has 6 heteroatoms. The summed E-state index contributed by atoms with van der Waals surface area (Å²) in [7, 11) is 1.59. The van der Waals surface area contributed by atoms with E-state index in [-0.39, 0.29) is 30.2 Å². The van der Waals surface area contributed by atoms with Crippen LogP contribution in [0.15, 0.2) is 60.3 Å². The maximum atomic E-state index is 13.0. The van der Waals surface area contributed by atoms with E-state index in [4.69, 9.17) is 9.47 Å². The lowest BCUT2D eigenvalue weighted by molar-refractivity contribution is -0.137. The van der Waals surface area contributed by atoms with E-state index in [0.29, 0.717) is 29.2 Å². The first-order valence-electron chi connectivity index (χ1n) is 9.20. The van der Waals surface area contributed by atoms with Gasteiger partial charge in [-0.15, -0.1) is 0 Å². The number of rotatable bonds is 8. The first-order valence-corrected chi connectivity index (χ1v) is 9.20. The Balaban J connectivity index is 1.91. The molecule has 2 aromatic rings. The quantitative estimate of drug-likeness (QED) is 0.712. The van der Waals surface area contributed by atoms with Crippen LogP contribution in [0.25, 0.3) is 5.57 Å². The molecule has 0 aromatic heterocycles. The fraction of sp³-hybridized carbons (Fsp3) is 0.273. The molecule has 0 bridgehead atoms. The van der Waals surface area contributed by atoms with Gasteiger partial charge < -0.3 is 14.8 Å². The molecule has 0 saturated carbocycles. The maximum Gasteiger partial charge on any atom is 0.278 e. The Hall–Kier alpha value is -3.12. The van der Waals surface area contributed by atoms with Gasteiger partial charge in [0.1, 0.15) is 11.4 Å². The van der Waals surface area contributed by atoms with E-state index in [1.54, 1.807) is 31.4 Å². The minimum Gasteiger partial charge on any atom is -0.497 e. The van der Waals surface area contributed by atoms with E-state index < -0.39 is 0 Å². The second-order valence-electron chi connectivity index (χ2n) is 6.65. The summed E-state index contributed by atoms with van der Waals surface area (Å²) in [6, 6.07) is 16.4. The number of ether oxygens (including phenoxy) is 2. The summed E-state index contributed by atoms with van der Waals surface area (Å²) in [5, 5.41) is 3.12. The molecule has 2 aromatic carbocycles. The van der Waals surface area contributed by atoms with Gasteiger partial charge in [0, 0.05) is 5.69 Å². The minimum atomic E-state index is -0.355. The maximum absolute atomic E-state index is 13.0. The highest BCUT2D eigenvalue weighted by molar-refractivity contribution is 6.36. The molecule has 0 atom stereocenters. The van der Waals surface area contributed by atoms with Crippen molar-refractivity contribution in [1.29, 1.82) is 0 Å². The van der Waals surface area contributed by atoms with Crippen molar-refractivity contribution in [2.45, 2.75) is 20.0 Å². The summed E-state index contributed by atoms with van der Waals surface area (Å²) in [5.74, 6) is 0.0377. The monoisotopic (exact) mass is 380 g/mol. The first-order chi connectivity index (χ1) is 13.5. The predicted octanol–water partition coefficient (Wildman–Crippen LogP) is 3.31. The largest absolute Gasteiger partial charge is 0.497 e. The fourth-order valence-corrected chi connectivity index (χ4v) is 2.97. The Morgan fingerprint density at radius 2 is 1.64 bits per heavy atom. The van der Waals surface area contributed by atoms with E-state index in [2.05, 4.69) is 5.32 Å². The highest BCUT2D eigenvalue weighted by Gasteiger charge is 2.38. The number of amides is 2. The average molecular weight is 380 g/mol. The lowest BCUT2D eigenvalue weighted by Gasteiger charge is -2.16. The molecule has 1 heterocycles. The number of anilines is 1. The molecule has 1 N–H and O–H groups in total. The van der Waals surface area contributed by atoms with Gasteiger partial charge in [-0.25, -0.2) is 0 Å². The number of methoxy groups -OCH3 is 1. The van der Waals surface area contributed by atoms with Crippen LogP contribution in [0.2, 0.25) is 0 Å². The van der Waals surface area contributed by atoms with E-state index >= 15 is 0 Å². The van der Waals surface area contributed by atoms with E-state index in [9.17, 15) is 9.59 Å². The zero-order valence-corrected chi connectivity index (χ0v) is 16.3. The van der Waals surface area contributed by atoms with Gasteiger partial charge >= 0.3 is 0 Å². The molecular formula is C22H24N2O4. The lowest BCUT2D eigenvalue weighted by atomic mass is 10.0. The van der Waals surface area contributed by atoms with E-state index in [1.165, 1.54) is 4.90 Å². The lowest BCUT2D eigenvalue weighted by Crippen LogP contribution is -2.35. The molecule has 0 fully saturated rings. The molecule has 146 valence electrons. The van der Waals surface area contributed by atoms with Gasteiger partial charge in [0.25, 0.3) is 11.8 Å². The normalized spacial score (nSPS) is 14.2. The molecule has 0 aliphatic carbocycles. The van der Waals surface area contributed by atoms with Crippen LogP contribution in [0, 0.1) is 0 Å². The summed E-state index contributed by atoms with van der Waals surface area (Å²) >= 11 is 0. The predicted molar refractivity (Wildman–Crippen MR) is 108 cm³/mol. The van der Waals surface area contributed by atoms with Gasteiger partial charge in [0.05, 0.1) is 31.9 Å². The highest BCUT2D eigenvalue weighted by Crippen LogP contribution is 2.30. The number of carbonyl (C=O) groups excluding carboxylic acids is 2. The summed E-state index contributed by atoms with van der Waals surface area (Å²) in [6.07, 6.45) is 0.0336. The van der Waals surface area contributed by atoms with Crippen LogP contribution in [0.1, 0.15) is 19.4 Å². The molecule has 6 nitrogen and oxygen atoms in total. The van der Waals surface area contributed by atoms with Gasteiger partial charge in [-0.3, -0.25) is 14.5 Å². The molecule has 1 aliphatic heterocycles. The van der Waals surface area contributed by atoms with Gasteiger partial charge in [0.15, 0.2) is 0 Å². The SMILES string of the molecule is COc1ccc(NC2=C(c3ccccc3)C(=O)N(CCOC(C)C)C2=O)cc1. The molecule has 0 saturated heterocycles. The average Bonchev–Trinajstić information content (AvgIpc) is 2.93. The Bertz CT molecular complexity index is 873. The van der Waals surface area contributed by atoms with Crippen LogP contribution in [-0.2, 0) is 14.3 Å². The molecular weight excluding hydrogens is 356 g/mol. The Morgan fingerprint density at radius 3 is 2.25 bits per heavy atom. The zero-order valence-electron chi connectivity index (χ0n) is 16.3. The number of nitrogens with zero attached hydrogens (tertiary/aromatic N) is 1. The van der Waals surface area contributed by atoms with Crippen LogP contribution in [0.5, 0.6) is 5.75 Å². The number of nitrogens with one attached hydrogen (secondary N) is 1. The van der Waals surface area contributed by atoms with Gasteiger partial charge in [-0.2, -0.15) is 0 Å². The van der Waals surface area contributed by atoms with Gasteiger partial charge in [0.2, 0.25) is 0 Å². The Labute approximate surface area is 164 Å². The fourth-order valence-electron chi connectivity index (χ4n) is 2.97. The second-order valence-corrected chi connectivity index (χ2v) is 6.65. The molecule has 0 spiro atoms. The Morgan fingerprint density at radius 1 is 0.964 bits per heavy atom. The van der Waals surface area contributed by atoms with Crippen LogP contribution < -0.4 is 10.1 Å². The number of imide groups is 1. The molecule has 28 heavy (non-hydrogen) atoms. The first kappa shape index (κ1) is 19.6. The van der Waals surface area contributed by atoms with Gasteiger partial charge in [-0.05, 0) is 43.7 Å². The minimum absolute atomic E-state index is 0.0336. The van der Waals surface area contributed by atoms with Crippen molar-refractivity contribution in [2.24, 2.45) is 0 Å². The number of hydrogen-bond acceptors (Lipinski definition) is 5. The zero-order chi connectivity index (χ0) is 20.1. The summed E-state index contributed by atoms with van der Waals surface area (Å²) < 4.78 is 10.7. The molecule has 0 unspecified atom stereocenters. The highest BCUT2D eigenvalue weighted by atomic mass is 16.5. The van der Waals surface area contributed by atoms with E-state index in [0.717, 1.165) is 0 Å². The third-order valence-electron chi connectivity index (χ3n) is 4.36. The van der Waals surface area contributed by atoms with Crippen LogP contribution in [0.3, 0.4) is 0 Å². The van der Waals surface area contributed by atoms with Crippen molar-refractivity contribution >= 4 is 23.1 Å². The van der Waals surface area contributed by atoms with Crippen LogP contribution >= 0.6 is 0 Å². The topological polar surface area (TPSA) is 67.9 Å². The number of carbonyl (C=O) groups is 2. The van der Waals surface area contributed by atoms with Crippen molar-refractivity contribution in [1.82, 2.24) is 4.90 Å². The summed E-state index contributed by atoms with van der Waals surface area (Å²) in [4.78, 5) is 27.3.